The molecule has 0 amide bonds. The topological polar surface area (TPSA) is 50.9 Å². The molecule has 0 bridgehead atoms. The van der Waals surface area contributed by atoms with Crippen LogP contribution >= 0.6 is 0 Å². The highest BCUT2D eigenvalue weighted by atomic mass is 16.3. The Labute approximate surface area is 235 Å². The van der Waals surface area contributed by atoms with Crippen molar-refractivity contribution in [3.63, 3.8) is 0 Å². The normalized spacial score (nSPS) is 11.6. The first-order valence-electron chi connectivity index (χ1n) is 13.9. The van der Waals surface area contributed by atoms with Gasteiger partial charge >= 0.3 is 0 Å². The van der Waals surface area contributed by atoms with Crippen molar-refractivity contribution in [2.75, 3.05) is 0 Å². The number of imidazole rings is 1. The molecule has 198 valence electrons. The summed E-state index contributed by atoms with van der Waals surface area (Å²) >= 11 is 0. The molecule has 0 fully saturated rings. The highest BCUT2D eigenvalue weighted by Crippen LogP contribution is 2.37. The smallest absolute Gasteiger partial charge is 0.144 e. The van der Waals surface area contributed by atoms with Gasteiger partial charge in [0, 0.05) is 34.5 Å². The molecule has 0 unspecified atom stereocenters. The van der Waals surface area contributed by atoms with Crippen LogP contribution in [0.25, 0.3) is 50.4 Å². The average Bonchev–Trinajstić information content (AvgIpc) is 3.46. The zero-order valence-corrected chi connectivity index (χ0v) is 23.3. The summed E-state index contributed by atoms with van der Waals surface area (Å²) in [5, 5.41) is 12.7. The molecule has 40 heavy (non-hydrogen) atoms. The number of rotatable bonds is 6. The first-order chi connectivity index (χ1) is 19.4. The van der Waals surface area contributed by atoms with Crippen molar-refractivity contribution in [1.29, 1.82) is 0 Å². The van der Waals surface area contributed by atoms with E-state index < -0.39 is 0 Å². The van der Waals surface area contributed by atoms with Crippen LogP contribution < -0.4 is 0 Å². The SMILES string of the molecule is CC(C)c1cccc(C(C)C)c1-n1ccnc1-c1cccc(-c2nc(-c3ccccc3O)cc3ccccc23)c1. The summed E-state index contributed by atoms with van der Waals surface area (Å²) < 4.78 is 2.24. The quantitative estimate of drug-likeness (QED) is 0.237. The predicted molar refractivity (Wildman–Crippen MR) is 165 cm³/mol. The summed E-state index contributed by atoms with van der Waals surface area (Å²) in [5.41, 5.74) is 8.20. The number of aromatic nitrogens is 3. The second-order valence-corrected chi connectivity index (χ2v) is 10.9. The lowest BCUT2D eigenvalue weighted by Gasteiger charge is -2.22. The van der Waals surface area contributed by atoms with Crippen LogP contribution in [0.2, 0.25) is 0 Å². The van der Waals surface area contributed by atoms with Crippen molar-refractivity contribution in [2.45, 2.75) is 39.5 Å². The van der Waals surface area contributed by atoms with Crippen LogP contribution in [0.1, 0.15) is 50.7 Å². The standard InChI is InChI=1S/C36H33N3O/c1-23(2)28-16-10-17-29(24(3)4)35(28)39-20-19-37-36(39)27-13-9-12-26(21-27)34-30-14-6-5-11-25(30)22-32(38-34)31-15-7-8-18-33(31)40/h5-24,40H,1-4H3. The van der Waals surface area contributed by atoms with Crippen molar-refractivity contribution in [2.24, 2.45) is 0 Å². The molecule has 4 heteroatoms. The molecule has 4 nitrogen and oxygen atoms in total. The number of phenolic OH excluding ortho intramolecular Hbond substituents is 1. The Morgan fingerprint density at radius 1 is 0.700 bits per heavy atom. The van der Waals surface area contributed by atoms with Gasteiger partial charge in [-0.2, -0.15) is 0 Å². The number of para-hydroxylation sites is 2. The van der Waals surface area contributed by atoms with Crippen LogP contribution in [0.4, 0.5) is 0 Å². The van der Waals surface area contributed by atoms with E-state index in [1.54, 1.807) is 6.07 Å². The van der Waals surface area contributed by atoms with E-state index in [1.807, 2.05) is 42.6 Å². The van der Waals surface area contributed by atoms with E-state index in [2.05, 4.69) is 93.1 Å². The minimum Gasteiger partial charge on any atom is -0.507 e. The lowest BCUT2D eigenvalue weighted by Crippen LogP contribution is -2.07. The van der Waals surface area contributed by atoms with Crippen LogP contribution in [0.5, 0.6) is 5.75 Å². The first-order valence-corrected chi connectivity index (χ1v) is 13.9. The number of fused-ring (bicyclic) bond motifs is 1. The molecular weight excluding hydrogens is 490 g/mol. The Kier molecular flexibility index (Phi) is 6.69. The minimum absolute atomic E-state index is 0.219. The molecule has 0 aliphatic heterocycles. The highest BCUT2D eigenvalue weighted by Gasteiger charge is 2.19. The van der Waals surface area contributed by atoms with Gasteiger partial charge in [-0.15, -0.1) is 0 Å². The molecule has 4 aromatic carbocycles. The fourth-order valence-corrected chi connectivity index (χ4v) is 5.54. The van der Waals surface area contributed by atoms with Gasteiger partial charge in [0.05, 0.1) is 17.1 Å². The molecule has 0 spiro atoms. The monoisotopic (exact) mass is 523 g/mol. The molecule has 2 heterocycles. The maximum Gasteiger partial charge on any atom is 0.144 e. The predicted octanol–water partition coefficient (Wildman–Crippen LogP) is 9.37. The second kappa shape index (κ2) is 10.5. The van der Waals surface area contributed by atoms with Crippen LogP contribution in [-0.4, -0.2) is 19.6 Å². The average molecular weight is 524 g/mol. The van der Waals surface area contributed by atoms with Gasteiger partial charge in [-0.05, 0) is 52.6 Å². The second-order valence-electron chi connectivity index (χ2n) is 10.9. The van der Waals surface area contributed by atoms with Crippen LogP contribution in [0.3, 0.4) is 0 Å². The van der Waals surface area contributed by atoms with Gasteiger partial charge < -0.3 is 5.11 Å². The van der Waals surface area contributed by atoms with E-state index in [9.17, 15) is 5.11 Å². The Balaban J connectivity index is 1.54. The van der Waals surface area contributed by atoms with Crippen molar-refractivity contribution >= 4 is 10.8 Å². The zero-order chi connectivity index (χ0) is 27.8. The minimum atomic E-state index is 0.219. The number of phenols is 1. The van der Waals surface area contributed by atoms with Gasteiger partial charge in [0.25, 0.3) is 0 Å². The van der Waals surface area contributed by atoms with E-state index in [0.29, 0.717) is 17.4 Å². The first kappa shape index (κ1) is 25.6. The van der Waals surface area contributed by atoms with Crippen molar-refractivity contribution < 1.29 is 5.11 Å². The molecule has 6 rings (SSSR count). The van der Waals surface area contributed by atoms with E-state index in [0.717, 1.165) is 39.1 Å². The lowest BCUT2D eigenvalue weighted by molar-refractivity contribution is 0.477. The van der Waals surface area contributed by atoms with Crippen LogP contribution in [-0.2, 0) is 0 Å². The van der Waals surface area contributed by atoms with E-state index in [4.69, 9.17) is 9.97 Å². The molecule has 0 saturated carbocycles. The fourth-order valence-electron chi connectivity index (χ4n) is 5.54. The maximum atomic E-state index is 10.6. The number of benzene rings is 4. The largest absolute Gasteiger partial charge is 0.507 e. The van der Waals surface area contributed by atoms with Gasteiger partial charge in [0.2, 0.25) is 0 Å². The van der Waals surface area contributed by atoms with Gasteiger partial charge in [-0.1, -0.05) is 100 Å². The van der Waals surface area contributed by atoms with Crippen molar-refractivity contribution in [1.82, 2.24) is 14.5 Å². The van der Waals surface area contributed by atoms with E-state index in [-0.39, 0.29) is 5.75 Å². The Morgan fingerprint density at radius 2 is 1.38 bits per heavy atom. The third-order valence-electron chi connectivity index (χ3n) is 7.54. The number of hydrogen-bond donors (Lipinski definition) is 1. The molecule has 0 atom stereocenters. The van der Waals surface area contributed by atoms with Crippen molar-refractivity contribution in [3.8, 4) is 45.3 Å². The molecular formula is C36H33N3O. The summed E-state index contributed by atoms with van der Waals surface area (Å²) in [6.07, 6.45) is 3.96. The number of hydrogen-bond acceptors (Lipinski definition) is 3. The zero-order valence-electron chi connectivity index (χ0n) is 23.3. The van der Waals surface area contributed by atoms with Crippen molar-refractivity contribution in [3.05, 3.63) is 121 Å². The Morgan fingerprint density at radius 3 is 2.12 bits per heavy atom. The molecule has 0 aliphatic carbocycles. The van der Waals surface area contributed by atoms with Crippen LogP contribution in [0.15, 0.2) is 109 Å². The molecule has 0 radical (unpaired) electrons. The lowest BCUT2D eigenvalue weighted by atomic mass is 9.92. The van der Waals surface area contributed by atoms with E-state index in [1.165, 1.54) is 16.8 Å². The molecule has 0 saturated heterocycles. The third kappa shape index (κ3) is 4.56. The Hall–Kier alpha value is -4.70. The summed E-state index contributed by atoms with van der Waals surface area (Å²) in [6.45, 7) is 8.98. The molecule has 1 N–H and O–H groups in total. The summed E-state index contributed by atoms with van der Waals surface area (Å²) in [6, 6.07) is 32.8. The molecule has 6 aromatic rings. The van der Waals surface area contributed by atoms with Crippen LogP contribution in [0, 0.1) is 0 Å². The number of aromatic hydroxyl groups is 1. The summed E-state index contributed by atoms with van der Waals surface area (Å²) in [5.74, 6) is 1.88. The van der Waals surface area contributed by atoms with Gasteiger partial charge in [-0.3, -0.25) is 4.57 Å². The molecule has 2 aromatic heterocycles. The summed E-state index contributed by atoms with van der Waals surface area (Å²) in [7, 11) is 0. The van der Waals surface area contributed by atoms with Gasteiger partial charge in [0.15, 0.2) is 0 Å². The molecule has 0 aliphatic rings. The van der Waals surface area contributed by atoms with E-state index >= 15 is 0 Å². The van der Waals surface area contributed by atoms with Gasteiger partial charge in [-0.25, -0.2) is 9.97 Å². The maximum absolute atomic E-state index is 10.6. The number of nitrogens with zero attached hydrogens (tertiary/aromatic N) is 3. The fraction of sp³-hybridized carbons (Fsp3) is 0.167. The summed E-state index contributed by atoms with van der Waals surface area (Å²) in [4.78, 5) is 9.94. The third-order valence-corrected chi connectivity index (χ3v) is 7.54. The number of pyridine rings is 1. The highest BCUT2D eigenvalue weighted by molar-refractivity contribution is 5.97. The Bertz CT molecular complexity index is 1800. The van der Waals surface area contributed by atoms with Gasteiger partial charge in [0.1, 0.15) is 11.6 Å².